The second-order valence-electron chi connectivity index (χ2n) is 4.82. The van der Waals surface area contributed by atoms with E-state index in [0.717, 1.165) is 20.8 Å². The van der Waals surface area contributed by atoms with Gasteiger partial charge in [-0.2, -0.15) is 19.0 Å². The van der Waals surface area contributed by atoms with Crippen molar-refractivity contribution in [3.63, 3.8) is 0 Å². The molecule has 0 aliphatic heterocycles. The van der Waals surface area contributed by atoms with E-state index in [2.05, 4.69) is 34.7 Å². The van der Waals surface area contributed by atoms with Gasteiger partial charge in [-0.3, -0.25) is 14.4 Å². The Bertz CT molecular complexity index is 270. The zero-order valence-corrected chi connectivity index (χ0v) is 19.5. The average Bonchev–Trinajstić information content (AvgIpc) is 2.29. The Labute approximate surface area is 178 Å². The zero-order chi connectivity index (χ0) is 16.1. The Kier molecular flexibility index (Phi) is 27.1. The predicted octanol–water partition coefficient (Wildman–Crippen LogP) is -4.33. The molecular weight excluding hydrogens is 308 g/mol. The summed E-state index contributed by atoms with van der Waals surface area (Å²) < 4.78 is 13.3. The minimum Gasteiger partial charge on any atom is -0.625 e. The van der Waals surface area contributed by atoms with Crippen LogP contribution < -0.4 is 59.1 Å². The molecule has 0 aliphatic carbocycles. The smallest absolute Gasteiger partial charge is 0.625 e. The van der Waals surface area contributed by atoms with Crippen LogP contribution in [0.5, 0.6) is 0 Å². The summed E-state index contributed by atoms with van der Waals surface area (Å²) in [5, 5.41) is 0. The van der Waals surface area contributed by atoms with E-state index in [1.54, 1.807) is 0 Å². The van der Waals surface area contributed by atoms with E-state index in [9.17, 15) is 14.4 Å². The molecule has 118 valence electrons. The Morgan fingerprint density at radius 1 is 0.682 bits per heavy atom. The molecule has 0 aliphatic rings. The van der Waals surface area contributed by atoms with Crippen molar-refractivity contribution in [2.24, 2.45) is 0 Å². The van der Waals surface area contributed by atoms with Gasteiger partial charge >= 0.3 is 66.4 Å². The number of hydrogen-bond donors (Lipinski definition) is 0. The second kappa shape index (κ2) is 19.6. The van der Waals surface area contributed by atoms with E-state index in [4.69, 9.17) is 0 Å². The second-order valence-corrected chi connectivity index (χ2v) is 4.82. The van der Waals surface area contributed by atoms with Crippen LogP contribution in [0.1, 0.15) is 41.5 Å². The summed E-state index contributed by atoms with van der Waals surface area (Å²) in [6.45, 7) is 10.5. The van der Waals surface area contributed by atoms with Crippen LogP contribution in [0.25, 0.3) is 0 Å². The van der Waals surface area contributed by atoms with Crippen LogP contribution in [-0.2, 0) is 28.3 Å². The van der Waals surface area contributed by atoms with Crippen molar-refractivity contribution >= 4 is 31.9 Å². The van der Waals surface area contributed by atoms with E-state index in [-0.39, 0.29) is 59.1 Å². The summed E-state index contributed by atoms with van der Waals surface area (Å²) in [5.74, 6) is -2.03. The molecule has 0 aromatic rings. The summed E-state index contributed by atoms with van der Waals surface area (Å²) >= 11 is 0. The number of hydrogen-bond acceptors (Lipinski definition) is 6. The van der Waals surface area contributed by atoms with Crippen LogP contribution in [0, 0.1) is 0 Å². The standard InChI is InChI=1S/C6H10BO6.C6H16B.2Na/c1-4(8)11-7(12-5(2)9)13-6(3)10;1-4-7(5-2)6-3;;/h7H,1-3H3;7H,4-6H2,1-3H3;;/q2*-1;2*+1. The van der Waals surface area contributed by atoms with Crippen molar-refractivity contribution in [1.29, 1.82) is 0 Å². The molecule has 0 saturated carbocycles. The largest absolute Gasteiger partial charge is 1.00 e. The van der Waals surface area contributed by atoms with Crippen molar-refractivity contribution in [1.82, 2.24) is 0 Å². The molecule has 0 saturated heterocycles. The van der Waals surface area contributed by atoms with Gasteiger partial charge in [-0.25, -0.2) is 0 Å². The van der Waals surface area contributed by atoms with Crippen LogP contribution in [0.4, 0.5) is 0 Å². The molecule has 0 radical (unpaired) electrons. The molecule has 0 aromatic heterocycles. The summed E-state index contributed by atoms with van der Waals surface area (Å²) in [5.41, 5.74) is 0. The summed E-state index contributed by atoms with van der Waals surface area (Å²) in [6, 6.07) is 0. The third-order valence-electron chi connectivity index (χ3n) is 3.08. The third-order valence-corrected chi connectivity index (χ3v) is 3.08. The Morgan fingerprint density at radius 3 is 1.00 bits per heavy atom. The molecule has 0 spiro atoms. The maximum Gasteiger partial charge on any atom is 1.00 e. The number of carbonyl (C=O) groups excluding carboxylic acids is 3. The molecule has 0 heterocycles. The molecule has 0 fully saturated rings. The molecule has 0 amide bonds. The topological polar surface area (TPSA) is 78.9 Å². The Hall–Kier alpha value is 0.540. The van der Waals surface area contributed by atoms with Gasteiger partial charge in [0.15, 0.2) is 0 Å². The van der Waals surface area contributed by atoms with Crippen LogP contribution >= 0.6 is 0 Å². The minimum atomic E-state index is -2.41. The molecule has 0 atom stereocenters. The van der Waals surface area contributed by atoms with Crippen molar-refractivity contribution < 1.29 is 87.5 Å². The maximum absolute atomic E-state index is 10.4. The molecule has 0 unspecified atom stereocenters. The van der Waals surface area contributed by atoms with Crippen LogP contribution in [-0.4, -0.2) is 31.9 Å². The maximum atomic E-state index is 10.4. The first-order valence-electron chi connectivity index (χ1n) is 7.21. The van der Waals surface area contributed by atoms with E-state index in [1.165, 1.54) is 19.0 Å². The van der Waals surface area contributed by atoms with E-state index in [0.29, 0.717) is 6.71 Å². The minimum absolute atomic E-state index is 0. The van der Waals surface area contributed by atoms with Crippen LogP contribution in [0.2, 0.25) is 19.0 Å². The third kappa shape index (κ3) is 22.8. The number of carbonyl (C=O) groups is 3. The molecule has 22 heavy (non-hydrogen) atoms. The Balaban J connectivity index is -0.000000156. The molecule has 0 N–H and O–H groups in total. The van der Waals surface area contributed by atoms with Gasteiger partial charge in [0.25, 0.3) is 17.9 Å². The normalized spacial score (nSPS) is 8.73. The molecule has 0 aromatic carbocycles. The van der Waals surface area contributed by atoms with Gasteiger partial charge in [0.2, 0.25) is 0 Å². The van der Waals surface area contributed by atoms with E-state index in [1.807, 2.05) is 0 Å². The monoisotopic (exact) mass is 334 g/mol. The van der Waals surface area contributed by atoms with Crippen molar-refractivity contribution in [3.8, 4) is 0 Å². The van der Waals surface area contributed by atoms with Crippen molar-refractivity contribution in [3.05, 3.63) is 0 Å². The first kappa shape index (κ1) is 30.4. The molecular formula is C12H26B2Na2O6. The van der Waals surface area contributed by atoms with E-state index >= 15 is 0 Å². The SMILES string of the molecule is CC(=O)O[BH-](OC(C)=O)OC(C)=O.CC[BH-](CC)CC.[Na+].[Na+]. The van der Waals surface area contributed by atoms with Crippen LogP contribution in [0.15, 0.2) is 0 Å². The first-order chi connectivity index (χ1) is 9.26. The van der Waals surface area contributed by atoms with E-state index < -0.39 is 25.2 Å². The van der Waals surface area contributed by atoms with Gasteiger partial charge in [-0.15, -0.1) is 0 Å². The fraction of sp³-hybridized carbons (Fsp3) is 0.750. The van der Waals surface area contributed by atoms with Crippen molar-refractivity contribution in [2.45, 2.75) is 60.5 Å². The van der Waals surface area contributed by atoms with Gasteiger partial charge in [-0.1, -0.05) is 20.8 Å². The molecule has 0 rings (SSSR count). The Morgan fingerprint density at radius 2 is 0.909 bits per heavy atom. The van der Waals surface area contributed by atoms with Gasteiger partial charge < -0.3 is 14.0 Å². The molecule has 6 nitrogen and oxygen atoms in total. The fourth-order valence-electron chi connectivity index (χ4n) is 1.65. The quantitative estimate of drug-likeness (QED) is 0.457. The fourth-order valence-corrected chi connectivity index (χ4v) is 1.65. The number of rotatable bonds is 6. The zero-order valence-electron chi connectivity index (χ0n) is 15.5. The summed E-state index contributed by atoms with van der Waals surface area (Å²) in [7, 11) is -2.41. The first-order valence-corrected chi connectivity index (χ1v) is 7.21. The van der Waals surface area contributed by atoms with Gasteiger partial charge in [0.05, 0.1) is 0 Å². The summed E-state index contributed by atoms with van der Waals surface area (Å²) in [4.78, 5) is 31.3. The molecule has 0 bridgehead atoms. The molecule has 10 heteroatoms. The van der Waals surface area contributed by atoms with Crippen molar-refractivity contribution in [2.75, 3.05) is 0 Å². The van der Waals surface area contributed by atoms with Gasteiger partial charge in [0, 0.05) is 20.8 Å². The average molecular weight is 334 g/mol. The van der Waals surface area contributed by atoms with Gasteiger partial charge in [0.1, 0.15) is 0 Å². The summed E-state index contributed by atoms with van der Waals surface area (Å²) in [6.07, 6.45) is 4.31. The van der Waals surface area contributed by atoms with Crippen LogP contribution in [0.3, 0.4) is 0 Å². The van der Waals surface area contributed by atoms with Gasteiger partial charge in [-0.05, 0) is 6.71 Å². The predicted molar refractivity (Wildman–Crippen MR) is 81.0 cm³/mol.